The number of benzene rings is 2. The maximum atomic E-state index is 12.9. The van der Waals surface area contributed by atoms with E-state index in [0.717, 1.165) is 36.2 Å². The highest BCUT2D eigenvalue weighted by molar-refractivity contribution is 7.15. The van der Waals surface area contributed by atoms with Crippen molar-refractivity contribution in [2.24, 2.45) is 5.92 Å². The molecule has 3 heterocycles. The number of rotatable bonds is 8. The molecule has 1 aromatic heterocycles. The molecule has 0 radical (unpaired) electrons. The number of likely N-dealkylation sites (tertiary alicyclic amines) is 1. The van der Waals surface area contributed by atoms with E-state index in [1.807, 2.05) is 12.1 Å². The molecular formula is C27H29N5O5S. The Bertz CT molecular complexity index is 1320. The Balaban J connectivity index is 1.07. The molecule has 38 heavy (non-hydrogen) atoms. The fourth-order valence-corrected chi connectivity index (χ4v) is 5.17. The van der Waals surface area contributed by atoms with E-state index in [0.29, 0.717) is 43.2 Å². The van der Waals surface area contributed by atoms with E-state index in [-0.39, 0.29) is 34.5 Å². The van der Waals surface area contributed by atoms with Crippen LogP contribution in [-0.2, 0) is 17.8 Å². The largest absolute Gasteiger partial charge is 0.454 e. The standard InChI is InChI=1S/C27H29N5O5S/c1-2-17-3-5-19(6-4-17)15-28-23(33)13-18-9-11-32(12-10-18)27(35)26-31-30-25(38-26)24(34)29-20-7-8-21-22(14-20)37-16-36-21/h3-8,14,18H,2,9-13,15-16H2,1H3,(H,28,33)(H,29,34). The van der Waals surface area contributed by atoms with Crippen molar-refractivity contribution in [2.45, 2.75) is 39.2 Å². The quantitative estimate of drug-likeness (QED) is 0.452. The highest BCUT2D eigenvalue weighted by atomic mass is 32.1. The van der Waals surface area contributed by atoms with Crippen LogP contribution in [0.1, 0.15) is 56.9 Å². The Morgan fingerprint density at radius 2 is 1.68 bits per heavy atom. The molecule has 0 saturated carbocycles. The van der Waals surface area contributed by atoms with Crippen LogP contribution in [0.3, 0.4) is 0 Å². The van der Waals surface area contributed by atoms with Gasteiger partial charge in [-0.05, 0) is 48.4 Å². The fraction of sp³-hybridized carbons (Fsp3) is 0.370. The molecule has 0 bridgehead atoms. The maximum Gasteiger partial charge on any atom is 0.286 e. The predicted molar refractivity (Wildman–Crippen MR) is 141 cm³/mol. The number of hydrogen-bond acceptors (Lipinski definition) is 8. The first-order valence-electron chi connectivity index (χ1n) is 12.7. The van der Waals surface area contributed by atoms with Crippen molar-refractivity contribution in [3.8, 4) is 11.5 Å². The zero-order chi connectivity index (χ0) is 26.5. The molecule has 0 atom stereocenters. The number of nitrogens with one attached hydrogen (secondary N) is 2. The van der Waals surface area contributed by atoms with Crippen LogP contribution in [0.2, 0.25) is 0 Å². The van der Waals surface area contributed by atoms with Gasteiger partial charge in [0.25, 0.3) is 11.8 Å². The van der Waals surface area contributed by atoms with Crippen molar-refractivity contribution in [3.05, 3.63) is 63.6 Å². The first-order valence-corrected chi connectivity index (χ1v) is 13.5. The predicted octanol–water partition coefficient (Wildman–Crippen LogP) is 3.64. The van der Waals surface area contributed by atoms with E-state index in [2.05, 4.69) is 39.9 Å². The fourth-order valence-electron chi connectivity index (χ4n) is 4.46. The number of nitrogens with zero attached hydrogens (tertiary/aromatic N) is 3. The summed E-state index contributed by atoms with van der Waals surface area (Å²) >= 11 is 0.960. The second-order valence-electron chi connectivity index (χ2n) is 9.32. The minimum atomic E-state index is -0.452. The van der Waals surface area contributed by atoms with E-state index in [1.165, 1.54) is 5.56 Å². The first-order chi connectivity index (χ1) is 18.5. The van der Waals surface area contributed by atoms with Gasteiger partial charge in [-0.1, -0.05) is 42.5 Å². The number of anilines is 1. The van der Waals surface area contributed by atoms with Gasteiger partial charge in [-0.2, -0.15) is 0 Å². The normalized spacial score (nSPS) is 14.8. The average Bonchev–Trinajstić information content (AvgIpc) is 3.62. The van der Waals surface area contributed by atoms with Gasteiger partial charge < -0.3 is 25.0 Å². The molecule has 198 valence electrons. The van der Waals surface area contributed by atoms with E-state index < -0.39 is 5.91 Å². The SMILES string of the molecule is CCc1ccc(CNC(=O)CC2CCN(C(=O)c3nnc(C(=O)Nc4ccc5c(c4)OCO5)s3)CC2)cc1. The number of carbonyl (C=O) groups excluding carboxylic acids is 3. The summed E-state index contributed by atoms with van der Waals surface area (Å²) < 4.78 is 10.6. The number of fused-ring (bicyclic) bond motifs is 1. The Morgan fingerprint density at radius 3 is 2.45 bits per heavy atom. The van der Waals surface area contributed by atoms with Crippen molar-refractivity contribution < 1.29 is 23.9 Å². The molecular weight excluding hydrogens is 506 g/mol. The molecule has 0 spiro atoms. The monoisotopic (exact) mass is 535 g/mol. The molecule has 2 aliphatic heterocycles. The summed E-state index contributed by atoms with van der Waals surface area (Å²) in [7, 11) is 0. The van der Waals surface area contributed by atoms with Gasteiger partial charge in [-0.15, -0.1) is 10.2 Å². The lowest BCUT2D eigenvalue weighted by molar-refractivity contribution is -0.122. The molecule has 3 aromatic rings. The lowest BCUT2D eigenvalue weighted by Crippen LogP contribution is -2.39. The molecule has 2 aromatic carbocycles. The number of carbonyl (C=O) groups is 3. The number of aryl methyl sites for hydroxylation is 1. The summed E-state index contributed by atoms with van der Waals surface area (Å²) in [5, 5.41) is 13.9. The molecule has 1 saturated heterocycles. The third-order valence-corrected chi connectivity index (χ3v) is 7.64. The Kier molecular flexibility index (Phi) is 7.83. The van der Waals surface area contributed by atoms with Crippen molar-refractivity contribution in [1.29, 1.82) is 0 Å². The second kappa shape index (κ2) is 11.6. The molecule has 0 unspecified atom stereocenters. The van der Waals surface area contributed by atoms with Crippen LogP contribution in [0.25, 0.3) is 0 Å². The minimum absolute atomic E-state index is 0.0246. The zero-order valence-electron chi connectivity index (χ0n) is 21.1. The molecule has 5 rings (SSSR count). The maximum absolute atomic E-state index is 12.9. The Hall–Kier alpha value is -3.99. The third-order valence-electron chi connectivity index (χ3n) is 6.73. The van der Waals surface area contributed by atoms with Gasteiger partial charge >= 0.3 is 0 Å². The number of hydrogen-bond donors (Lipinski definition) is 2. The molecule has 3 amide bonds. The highest BCUT2D eigenvalue weighted by Gasteiger charge is 2.28. The van der Waals surface area contributed by atoms with Crippen molar-refractivity contribution >= 4 is 34.7 Å². The smallest absolute Gasteiger partial charge is 0.286 e. The highest BCUT2D eigenvalue weighted by Crippen LogP contribution is 2.34. The molecule has 0 aliphatic carbocycles. The third kappa shape index (κ3) is 6.10. The van der Waals surface area contributed by atoms with Gasteiger partial charge in [0.05, 0.1) is 0 Å². The van der Waals surface area contributed by atoms with Gasteiger partial charge in [0.1, 0.15) is 0 Å². The van der Waals surface area contributed by atoms with Crippen LogP contribution in [0.15, 0.2) is 42.5 Å². The summed E-state index contributed by atoms with van der Waals surface area (Å²) in [6.45, 7) is 3.85. The van der Waals surface area contributed by atoms with Crippen molar-refractivity contribution in [1.82, 2.24) is 20.4 Å². The van der Waals surface area contributed by atoms with Crippen LogP contribution in [0, 0.1) is 5.92 Å². The minimum Gasteiger partial charge on any atom is -0.454 e. The van der Waals surface area contributed by atoms with Gasteiger partial charge in [0.2, 0.25) is 22.7 Å². The topological polar surface area (TPSA) is 123 Å². The van der Waals surface area contributed by atoms with Gasteiger partial charge in [0, 0.05) is 37.8 Å². The Labute approximate surface area is 224 Å². The van der Waals surface area contributed by atoms with Crippen LogP contribution < -0.4 is 20.1 Å². The first kappa shape index (κ1) is 25.7. The summed E-state index contributed by atoms with van der Waals surface area (Å²) in [6, 6.07) is 13.3. The zero-order valence-corrected chi connectivity index (χ0v) is 21.9. The Morgan fingerprint density at radius 1 is 0.974 bits per heavy atom. The molecule has 10 nitrogen and oxygen atoms in total. The summed E-state index contributed by atoms with van der Waals surface area (Å²) in [4.78, 5) is 39.7. The van der Waals surface area contributed by atoms with Crippen LogP contribution in [0.5, 0.6) is 11.5 Å². The summed E-state index contributed by atoms with van der Waals surface area (Å²) in [5.41, 5.74) is 2.88. The number of amides is 3. The summed E-state index contributed by atoms with van der Waals surface area (Å²) in [5.74, 6) is 0.720. The lowest BCUT2D eigenvalue weighted by atomic mass is 9.93. The lowest BCUT2D eigenvalue weighted by Gasteiger charge is -2.31. The number of aromatic nitrogens is 2. The van der Waals surface area contributed by atoms with Crippen molar-refractivity contribution in [3.63, 3.8) is 0 Å². The average molecular weight is 536 g/mol. The molecule has 11 heteroatoms. The molecule has 2 N–H and O–H groups in total. The van der Waals surface area contributed by atoms with Crippen LogP contribution in [-0.4, -0.2) is 52.7 Å². The van der Waals surface area contributed by atoms with Crippen LogP contribution in [0.4, 0.5) is 5.69 Å². The molecule has 1 fully saturated rings. The van der Waals surface area contributed by atoms with Gasteiger partial charge in [-0.25, -0.2) is 0 Å². The van der Waals surface area contributed by atoms with E-state index in [1.54, 1.807) is 23.1 Å². The van der Waals surface area contributed by atoms with E-state index in [9.17, 15) is 14.4 Å². The number of piperidine rings is 1. The van der Waals surface area contributed by atoms with Crippen molar-refractivity contribution in [2.75, 3.05) is 25.2 Å². The molecule has 2 aliphatic rings. The summed E-state index contributed by atoms with van der Waals surface area (Å²) in [6.07, 6.45) is 2.91. The second-order valence-corrected chi connectivity index (χ2v) is 10.3. The van der Waals surface area contributed by atoms with E-state index >= 15 is 0 Å². The number of ether oxygens (including phenoxy) is 2. The van der Waals surface area contributed by atoms with Gasteiger partial charge in [-0.3, -0.25) is 14.4 Å². The van der Waals surface area contributed by atoms with Crippen LogP contribution >= 0.6 is 11.3 Å². The van der Waals surface area contributed by atoms with E-state index in [4.69, 9.17) is 9.47 Å². The van der Waals surface area contributed by atoms with Gasteiger partial charge in [0.15, 0.2) is 11.5 Å².